The minimum atomic E-state index is -0.181. The van der Waals surface area contributed by atoms with Crippen molar-refractivity contribution in [2.75, 3.05) is 6.61 Å². The van der Waals surface area contributed by atoms with Crippen molar-refractivity contribution < 1.29 is 14.3 Å². The molecule has 2 unspecified atom stereocenters. The zero-order chi connectivity index (χ0) is 24.5. The van der Waals surface area contributed by atoms with Gasteiger partial charge >= 0.3 is 5.97 Å². The molecule has 36 heavy (non-hydrogen) atoms. The number of fused-ring (bicyclic) bond motifs is 3. The molecule has 0 N–H and O–H groups in total. The molecule has 6 rings (SSSR count). The van der Waals surface area contributed by atoms with Crippen LogP contribution in [0.25, 0.3) is 28.1 Å². The van der Waals surface area contributed by atoms with Crippen LogP contribution in [0.1, 0.15) is 19.8 Å². The second-order valence-electron chi connectivity index (χ2n) is 8.89. The summed E-state index contributed by atoms with van der Waals surface area (Å²) in [5.74, 6) is 0.983. The molecule has 2 atom stereocenters. The third-order valence-electron chi connectivity index (χ3n) is 6.31. The SMILES string of the molecule is CC1CC(C(=O)Oc2cccc(Sc3ccc4c(ccc5nnc(-c6ccccn6)n54)c3)c2)CCO1. The Kier molecular flexibility index (Phi) is 6.13. The van der Waals surface area contributed by atoms with Gasteiger partial charge in [-0.15, -0.1) is 10.2 Å². The van der Waals surface area contributed by atoms with Gasteiger partial charge in [0.25, 0.3) is 0 Å². The Morgan fingerprint density at radius 2 is 1.94 bits per heavy atom. The molecule has 0 bridgehead atoms. The highest BCUT2D eigenvalue weighted by molar-refractivity contribution is 7.99. The molecular formula is C28H24N4O3S. The summed E-state index contributed by atoms with van der Waals surface area (Å²) in [7, 11) is 0. The predicted octanol–water partition coefficient (Wildman–Crippen LogP) is 5.82. The molecular weight excluding hydrogens is 472 g/mol. The van der Waals surface area contributed by atoms with Gasteiger partial charge in [-0.2, -0.15) is 0 Å². The number of carbonyl (C=O) groups is 1. The van der Waals surface area contributed by atoms with Gasteiger partial charge in [0.2, 0.25) is 0 Å². The lowest BCUT2D eigenvalue weighted by Gasteiger charge is -2.25. The smallest absolute Gasteiger partial charge is 0.314 e. The maximum atomic E-state index is 12.6. The summed E-state index contributed by atoms with van der Waals surface area (Å²) in [5.41, 5.74) is 2.56. The number of rotatable bonds is 5. The molecule has 1 aliphatic rings. The molecule has 180 valence electrons. The van der Waals surface area contributed by atoms with Gasteiger partial charge in [0.1, 0.15) is 11.4 Å². The van der Waals surface area contributed by atoms with Gasteiger partial charge in [0, 0.05) is 22.6 Å². The van der Waals surface area contributed by atoms with Crippen LogP contribution >= 0.6 is 11.8 Å². The average molecular weight is 497 g/mol. The van der Waals surface area contributed by atoms with Crippen LogP contribution in [0.3, 0.4) is 0 Å². The summed E-state index contributed by atoms with van der Waals surface area (Å²) in [4.78, 5) is 19.2. The van der Waals surface area contributed by atoms with Crippen molar-refractivity contribution in [3.05, 3.63) is 79.0 Å². The molecule has 0 spiro atoms. The predicted molar refractivity (Wildman–Crippen MR) is 138 cm³/mol. The van der Waals surface area contributed by atoms with Crippen LogP contribution in [-0.4, -0.2) is 38.3 Å². The topological polar surface area (TPSA) is 78.6 Å². The van der Waals surface area contributed by atoms with E-state index in [0.717, 1.165) is 32.0 Å². The minimum Gasteiger partial charge on any atom is -0.426 e. The molecule has 1 fully saturated rings. The molecule has 8 heteroatoms. The van der Waals surface area contributed by atoms with Gasteiger partial charge in [-0.1, -0.05) is 23.9 Å². The number of pyridine rings is 2. The first-order valence-electron chi connectivity index (χ1n) is 11.9. The number of hydrogen-bond donors (Lipinski definition) is 0. The maximum absolute atomic E-state index is 12.6. The number of esters is 1. The molecule has 1 aliphatic heterocycles. The fraction of sp³-hybridized carbons (Fsp3) is 0.214. The number of nitrogens with zero attached hydrogens (tertiary/aromatic N) is 4. The van der Waals surface area contributed by atoms with Gasteiger partial charge in [0.15, 0.2) is 11.5 Å². The lowest BCUT2D eigenvalue weighted by molar-refractivity contribution is -0.143. The molecule has 3 aromatic heterocycles. The van der Waals surface area contributed by atoms with E-state index in [2.05, 4.69) is 39.4 Å². The van der Waals surface area contributed by atoms with E-state index in [1.807, 2.05) is 59.9 Å². The monoisotopic (exact) mass is 496 g/mol. The Hall–Kier alpha value is -3.75. The third kappa shape index (κ3) is 4.57. The molecule has 0 amide bonds. The second-order valence-corrected chi connectivity index (χ2v) is 10.0. The molecule has 0 radical (unpaired) electrons. The van der Waals surface area contributed by atoms with Gasteiger partial charge in [-0.3, -0.25) is 14.2 Å². The van der Waals surface area contributed by atoms with E-state index in [1.54, 1.807) is 18.0 Å². The molecule has 5 aromatic rings. The van der Waals surface area contributed by atoms with Gasteiger partial charge in [-0.25, -0.2) is 0 Å². The van der Waals surface area contributed by atoms with Gasteiger partial charge in [-0.05, 0) is 85.8 Å². The summed E-state index contributed by atoms with van der Waals surface area (Å²) >= 11 is 1.62. The Morgan fingerprint density at radius 1 is 1.03 bits per heavy atom. The normalized spacial score (nSPS) is 17.9. The Morgan fingerprint density at radius 3 is 2.81 bits per heavy atom. The van der Waals surface area contributed by atoms with Crippen molar-refractivity contribution in [1.82, 2.24) is 19.6 Å². The van der Waals surface area contributed by atoms with Crippen LogP contribution in [0.15, 0.2) is 88.8 Å². The first-order chi connectivity index (χ1) is 17.6. The van der Waals surface area contributed by atoms with E-state index < -0.39 is 0 Å². The summed E-state index contributed by atoms with van der Waals surface area (Å²) in [6, 6.07) is 23.8. The fourth-order valence-corrected chi connectivity index (χ4v) is 5.46. The highest BCUT2D eigenvalue weighted by Crippen LogP contribution is 2.33. The number of benzene rings is 2. The van der Waals surface area contributed by atoms with Crippen molar-refractivity contribution in [3.63, 3.8) is 0 Å². The first kappa shape index (κ1) is 22.7. The van der Waals surface area contributed by atoms with Crippen LogP contribution in [-0.2, 0) is 9.53 Å². The molecule has 1 saturated heterocycles. The van der Waals surface area contributed by atoms with Crippen LogP contribution in [0.4, 0.5) is 0 Å². The lowest BCUT2D eigenvalue weighted by Crippen LogP contribution is -2.31. The molecule has 0 saturated carbocycles. The van der Waals surface area contributed by atoms with Crippen molar-refractivity contribution in [3.8, 4) is 17.3 Å². The van der Waals surface area contributed by atoms with Crippen LogP contribution in [0, 0.1) is 5.92 Å². The molecule has 4 heterocycles. The van der Waals surface area contributed by atoms with E-state index in [1.165, 1.54) is 0 Å². The van der Waals surface area contributed by atoms with Gasteiger partial charge < -0.3 is 9.47 Å². The average Bonchev–Trinajstić information content (AvgIpc) is 3.34. The molecule has 2 aromatic carbocycles. The van der Waals surface area contributed by atoms with Crippen molar-refractivity contribution in [1.29, 1.82) is 0 Å². The number of carbonyl (C=O) groups excluding carboxylic acids is 1. The number of hydrogen-bond acceptors (Lipinski definition) is 7. The second kappa shape index (κ2) is 9.72. The fourth-order valence-electron chi connectivity index (χ4n) is 4.55. The van der Waals surface area contributed by atoms with E-state index in [0.29, 0.717) is 31.0 Å². The number of ether oxygens (including phenoxy) is 2. The minimum absolute atomic E-state index is 0.0884. The Labute approximate surface area is 212 Å². The summed E-state index contributed by atoms with van der Waals surface area (Å²) in [5, 5.41) is 9.77. The quantitative estimate of drug-likeness (QED) is 0.224. The van der Waals surface area contributed by atoms with Gasteiger partial charge in [0.05, 0.1) is 17.5 Å². The Bertz CT molecular complexity index is 1550. The maximum Gasteiger partial charge on any atom is 0.314 e. The van der Waals surface area contributed by atoms with E-state index >= 15 is 0 Å². The van der Waals surface area contributed by atoms with E-state index in [4.69, 9.17) is 9.47 Å². The van der Waals surface area contributed by atoms with E-state index in [-0.39, 0.29) is 18.0 Å². The zero-order valence-electron chi connectivity index (χ0n) is 19.7. The highest BCUT2D eigenvalue weighted by Gasteiger charge is 2.27. The van der Waals surface area contributed by atoms with E-state index in [9.17, 15) is 4.79 Å². The third-order valence-corrected chi connectivity index (χ3v) is 7.29. The standard InChI is InChI=1S/C28H24N4O3S/c1-18-15-20(12-14-34-18)28(33)35-21-5-4-6-22(17-21)36-23-9-10-25-19(16-23)8-11-26-30-31-27(32(25)26)24-7-2-3-13-29-24/h2-11,13,16-18,20H,12,14-15H2,1H3. The lowest BCUT2D eigenvalue weighted by atomic mass is 9.96. The zero-order valence-corrected chi connectivity index (χ0v) is 20.5. The van der Waals surface area contributed by atoms with Crippen LogP contribution < -0.4 is 4.74 Å². The van der Waals surface area contributed by atoms with Crippen LogP contribution in [0.2, 0.25) is 0 Å². The largest absolute Gasteiger partial charge is 0.426 e. The highest BCUT2D eigenvalue weighted by atomic mass is 32.2. The van der Waals surface area contributed by atoms with Crippen LogP contribution in [0.5, 0.6) is 5.75 Å². The summed E-state index contributed by atoms with van der Waals surface area (Å²) < 4.78 is 13.3. The van der Waals surface area contributed by atoms with Crippen molar-refractivity contribution in [2.45, 2.75) is 35.7 Å². The molecule has 7 nitrogen and oxygen atoms in total. The van der Waals surface area contributed by atoms with Crippen molar-refractivity contribution >= 4 is 34.3 Å². The Balaban J connectivity index is 1.24. The number of aromatic nitrogens is 4. The van der Waals surface area contributed by atoms with Crippen molar-refractivity contribution in [2.24, 2.45) is 5.92 Å². The summed E-state index contributed by atoms with van der Waals surface area (Å²) in [6.07, 6.45) is 3.25. The molecule has 0 aliphatic carbocycles. The summed E-state index contributed by atoms with van der Waals surface area (Å²) in [6.45, 7) is 2.59. The first-order valence-corrected chi connectivity index (χ1v) is 12.8.